The molecule has 1 aliphatic carbocycles. The van der Waals surface area contributed by atoms with Crippen LogP contribution in [-0.4, -0.2) is 63.5 Å². The molecule has 0 aromatic heterocycles. The Balaban J connectivity index is 1.12. The number of ether oxygens (including phenoxy) is 3. The van der Waals surface area contributed by atoms with E-state index in [1.807, 2.05) is 6.07 Å². The average Bonchev–Trinajstić information content (AvgIpc) is 3.45. The molecule has 40 heavy (non-hydrogen) atoms. The number of hydrogen-bond donors (Lipinski definition) is 1. The number of carbonyl (C=O) groups excluding carboxylic acids is 1. The van der Waals surface area contributed by atoms with Gasteiger partial charge in [0.2, 0.25) is 0 Å². The number of carbonyl (C=O) groups is 1. The maximum Gasteiger partial charge on any atom is 0.327 e. The van der Waals surface area contributed by atoms with Gasteiger partial charge in [-0.2, -0.15) is 0 Å². The summed E-state index contributed by atoms with van der Waals surface area (Å²) in [6.45, 7) is 7.37. The lowest BCUT2D eigenvalue weighted by Gasteiger charge is -2.31. The van der Waals surface area contributed by atoms with E-state index in [9.17, 15) is 4.79 Å². The fraction of sp³-hybridized carbons (Fsp3) is 0.618. The number of nitrogens with zero attached hydrogens (tertiary/aromatic N) is 1. The summed E-state index contributed by atoms with van der Waals surface area (Å²) in [4.78, 5) is 15.4. The first-order valence-electron chi connectivity index (χ1n) is 15.6. The summed E-state index contributed by atoms with van der Waals surface area (Å²) in [7, 11) is 1.50. The maximum atomic E-state index is 13.1. The number of esters is 1. The first kappa shape index (κ1) is 29.1. The van der Waals surface area contributed by atoms with E-state index in [1.54, 1.807) is 0 Å². The molecule has 2 atom stereocenters. The molecule has 0 spiro atoms. The van der Waals surface area contributed by atoms with Gasteiger partial charge in [0.1, 0.15) is 6.04 Å². The largest absolute Gasteiger partial charge is 0.468 e. The Kier molecular flexibility index (Phi) is 10.5. The van der Waals surface area contributed by atoms with Gasteiger partial charge < -0.3 is 19.5 Å². The third-order valence-electron chi connectivity index (χ3n) is 9.24. The minimum absolute atomic E-state index is 0.161. The summed E-state index contributed by atoms with van der Waals surface area (Å²) >= 11 is 0. The average molecular weight is 549 g/mol. The molecule has 0 amide bonds. The zero-order valence-corrected chi connectivity index (χ0v) is 24.6. The molecule has 1 aromatic rings. The number of rotatable bonds is 10. The summed E-state index contributed by atoms with van der Waals surface area (Å²) in [6, 6.07) is 8.06. The van der Waals surface area contributed by atoms with Crippen LogP contribution in [0.1, 0.15) is 94.2 Å². The molecule has 5 rings (SSSR count). The van der Waals surface area contributed by atoms with Crippen LogP contribution >= 0.6 is 0 Å². The minimum Gasteiger partial charge on any atom is -0.468 e. The van der Waals surface area contributed by atoms with Crippen LogP contribution in [0.5, 0.6) is 0 Å². The van der Waals surface area contributed by atoms with Crippen molar-refractivity contribution in [2.45, 2.75) is 89.2 Å². The fourth-order valence-electron chi connectivity index (χ4n) is 6.85. The number of likely N-dealkylation sites (tertiary alicyclic amines) is 1. The molecular formula is C34H48N2O4. The fourth-order valence-corrected chi connectivity index (χ4v) is 6.85. The van der Waals surface area contributed by atoms with Crippen molar-refractivity contribution in [3.63, 3.8) is 0 Å². The normalized spacial score (nSPS) is 26.0. The highest BCUT2D eigenvalue weighted by Gasteiger charge is 2.37. The molecule has 6 nitrogen and oxygen atoms in total. The summed E-state index contributed by atoms with van der Waals surface area (Å²) in [5.41, 5.74) is 8.36. The van der Waals surface area contributed by atoms with Gasteiger partial charge in [-0.1, -0.05) is 42.0 Å². The van der Waals surface area contributed by atoms with Gasteiger partial charge in [-0.15, -0.1) is 0 Å². The number of allylic oxidation sites excluding steroid dienone is 6. The van der Waals surface area contributed by atoms with Crippen molar-refractivity contribution in [3.8, 4) is 0 Å². The third kappa shape index (κ3) is 7.26. The van der Waals surface area contributed by atoms with Crippen molar-refractivity contribution in [1.29, 1.82) is 0 Å². The Labute approximate surface area is 240 Å². The first-order valence-corrected chi connectivity index (χ1v) is 15.6. The van der Waals surface area contributed by atoms with Gasteiger partial charge in [0, 0.05) is 45.2 Å². The Morgan fingerprint density at radius 2 is 1.95 bits per heavy atom. The molecular weight excluding hydrogens is 500 g/mol. The molecule has 2 saturated heterocycles. The Bertz CT molecular complexity index is 1100. The second-order valence-corrected chi connectivity index (χ2v) is 11.8. The monoisotopic (exact) mass is 548 g/mol. The van der Waals surface area contributed by atoms with E-state index >= 15 is 0 Å². The van der Waals surface area contributed by atoms with E-state index in [2.05, 4.69) is 47.5 Å². The summed E-state index contributed by atoms with van der Waals surface area (Å²) in [5, 5.41) is 3.61. The highest BCUT2D eigenvalue weighted by Crippen LogP contribution is 2.36. The molecule has 1 aromatic carbocycles. The molecule has 4 aliphatic rings. The third-order valence-corrected chi connectivity index (χ3v) is 9.24. The summed E-state index contributed by atoms with van der Waals surface area (Å²) in [5.74, 6) is 0.249. The number of methoxy groups -OCH3 is 1. The van der Waals surface area contributed by atoms with Crippen molar-refractivity contribution >= 4 is 5.97 Å². The Morgan fingerprint density at radius 3 is 2.80 bits per heavy atom. The number of unbranched alkanes of at least 4 members (excludes halogenated alkanes) is 1. The lowest BCUT2D eigenvalue weighted by atomic mass is 9.85. The molecule has 2 fully saturated rings. The van der Waals surface area contributed by atoms with Crippen LogP contribution in [0.4, 0.5) is 0 Å². The summed E-state index contributed by atoms with van der Waals surface area (Å²) < 4.78 is 17.3. The Morgan fingerprint density at radius 1 is 1.10 bits per heavy atom. The van der Waals surface area contributed by atoms with E-state index in [1.165, 1.54) is 47.9 Å². The predicted molar refractivity (Wildman–Crippen MR) is 159 cm³/mol. The summed E-state index contributed by atoms with van der Waals surface area (Å²) in [6.07, 6.45) is 15.9. The van der Waals surface area contributed by atoms with Gasteiger partial charge in [0.05, 0.1) is 13.2 Å². The minimum atomic E-state index is -0.381. The molecule has 0 radical (unpaired) electrons. The molecule has 218 valence electrons. The second kappa shape index (κ2) is 14.5. The molecule has 3 heterocycles. The van der Waals surface area contributed by atoms with Crippen LogP contribution in [-0.2, 0) is 19.0 Å². The van der Waals surface area contributed by atoms with Crippen molar-refractivity contribution < 1.29 is 19.0 Å². The molecule has 0 bridgehead atoms. The number of hydrogen-bond acceptors (Lipinski definition) is 6. The van der Waals surface area contributed by atoms with Crippen molar-refractivity contribution in [3.05, 3.63) is 70.0 Å². The molecule has 2 unspecified atom stereocenters. The van der Waals surface area contributed by atoms with Crippen molar-refractivity contribution in [1.82, 2.24) is 10.2 Å². The van der Waals surface area contributed by atoms with Crippen LogP contribution in [0.15, 0.2) is 58.8 Å². The molecule has 3 aliphatic heterocycles. The zero-order chi connectivity index (χ0) is 27.7. The van der Waals surface area contributed by atoms with E-state index in [0.717, 1.165) is 96.4 Å². The van der Waals surface area contributed by atoms with Gasteiger partial charge >= 0.3 is 5.97 Å². The van der Waals surface area contributed by atoms with Crippen LogP contribution in [0.25, 0.3) is 0 Å². The lowest BCUT2D eigenvalue weighted by molar-refractivity contribution is -0.147. The predicted octanol–water partition coefficient (Wildman–Crippen LogP) is 6.36. The van der Waals surface area contributed by atoms with Gasteiger partial charge in [-0.25, -0.2) is 4.79 Å². The van der Waals surface area contributed by atoms with E-state index in [4.69, 9.17) is 14.2 Å². The lowest BCUT2D eigenvalue weighted by Crippen LogP contribution is -2.35. The van der Waals surface area contributed by atoms with Gasteiger partial charge in [0.25, 0.3) is 0 Å². The van der Waals surface area contributed by atoms with Crippen LogP contribution in [0, 0.1) is 0 Å². The van der Waals surface area contributed by atoms with Gasteiger partial charge in [-0.05, 0) is 99.3 Å². The molecule has 6 heteroatoms. The number of benzene rings is 1. The zero-order valence-electron chi connectivity index (χ0n) is 24.6. The SMILES string of the molecule is COC(=O)C(c1ccccc1C1CCOCC1)N1CCC(OCCCCC2=C(/C)CCC3=C(/C=C\2)CCCN3)C1. The quantitative estimate of drug-likeness (QED) is 0.271. The topological polar surface area (TPSA) is 60.0 Å². The van der Waals surface area contributed by atoms with E-state index in [-0.39, 0.29) is 18.1 Å². The molecule has 0 saturated carbocycles. The standard InChI is InChI=1S/C34H48N2O4/c1-25-12-15-32-28(9-7-19-35-32)14-13-26(25)8-5-6-21-40-29-16-20-36(24-29)33(34(37)38-2)31-11-4-3-10-30(31)27-17-22-39-23-18-27/h3-4,10-11,13-14,27,29,33,35H,5-9,12,15-24H2,1-2H3/b14-13-,26-25+. The van der Waals surface area contributed by atoms with Crippen LogP contribution in [0.2, 0.25) is 0 Å². The van der Waals surface area contributed by atoms with Gasteiger partial charge in [0.15, 0.2) is 0 Å². The van der Waals surface area contributed by atoms with Crippen LogP contribution in [0.3, 0.4) is 0 Å². The van der Waals surface area contributed by atoms with Crippen LogP contribution < -0.4 is 5.32 Å². The molecule has 1 N–H and O–H groups in total. The van der Waals surface area contributed by atoms with Crippen molar-refractivity contribution in [2.75, 3.05) is 46.6 Å². The highest BCUT2D eigenvalue weighted by atomic mass is 16.5. The number of nitrogens with one attached hydrogen (secondary N) is 1. The highest BCUT2D eigenvalue weighted by molar-refractivity contribution is 5.78. The second-order valence-electron chi connectivity index (χ2n) is 11.8. The first-order chi connectivity index (χ1) is 19.6. The van der Waals surface area contributed by atoms with E-state index < -0.39 is 0 Å². The van der Waals surface area contributed by atoms with Crippen molar-refractivity contribution in [2.24, 2.45) is 0 Å². The Hall–Kier alpha value is -2.41. The smallest absolute Gasteiger partial charge is 0.327 e. The maximum absolute atomic E-state index is 13.1. The van der Waals surface area contributed by atoms with E-state index in [0.29, 0.717) is 5.92 Å². The van der Waals surface area contributed by atoms with Gasteiger partial charge in [-0.3, -0.25) is 4.90 Å².